The smallest absolute Gasteiger partial charge is 0.354 e. The molecule has 0 radical (unpaired) electrons. The summed E-state index contributed by atoms with van der Waals surface area (Å²) < 4.78 is 10.2. The second-order valence-corrected chi connectivity index (χ2v) is 3.66. The first-order chi connectivity index (χ1) is 9.29. The van der Waals surface area contributed by atoms with Crippen molar-refractivity contribution in [2.24, 2.45) is 4.99 Å². The van der Waals surface area contributed by atoms with Crippen LogP contribution in [0.1, 0.15) is 0 Å². The van der Waals surface area contributed by atoms with Crippen LogP contribution < -0.4 is 9.47 Å². The van der Waals surface area contributed by atoms with Crippen LogP contribution in [-0.4, -0.2) is 19.3 Å². The molecule has 2 aromatic rings. The van der Waals surface area contributed by atoms with E-state index in [1.165, 1.54) is 0 Å². The molecule has 0 aliphatic rings. The molecule has 0 atom stereocenters. The van der Waals surface area contributed by atoms with Gasteiger partial charge in [-0.25, -0.2) is 9.79 Å². The molecule has 0 aliphatic heterocycles. The summed E-state index contributed by atoms with van der Waals surface area (Å²) in [6, 6.07) is 16.0. The first-order valence-corrected chi connectivity index (χ1v) is 5.73. The highest BCUT2D eigenvalue weighted by Gasteiger charge is 2.02. The van der Waals surface area contributed by atoms with Crippen molar-refractivity contribution in [3.63, 3.8) is 0 Å². The van der Waals surface area contributed by atoms with Gasteiger partial charge in [0.2, 0.25) is 0 Å². The second kappa shape index (κ2) is 6.35. The molecular weight excluding hydrogens is 242 g/mol. The Morgan fingerprint density at radius 3 is 2.47 bits per heavy atom. The molecule has 0 unspecified atom stereocenters. The molecule has 0 saturated heterocycles. The molecule has 0 fully saturated rings. The molecule has 19 heavy (non-hydrogen) atoms. The first kappa shape index (κ1) is 12.8. The van der Waals surface area contributed by atoms with Crippen molar-refractivity contribution in [3.8, 4) is 11.5 Å². The number of ether oxygens (including phenoxy) is 2. The molecule has 4 heteroatoms. The van der Waals surface area contributed by atoms with Crippen molar-refractivity contribution in [3.05, 3.63) is 54.6 Å². The lowest BCUT2D eigenvalue weighted by Crippen LogP contribution is -2.08. The van der Waals surface area contributed by atoms with E-state index in [2.05, 4.69) is 4.99 Å². The predicted molar refractivity (Wildman–Crippen MR) is 73.2 cm³/mol. The fraction of sp³-hybridized carbons (Fsp3) is 0.0667. The van der Waals surface area contributed by atoms with E-state index >= 15 is 0 Å². The number of hydrogen-bond acceptors (Lipinski definition) is 4. The number of benzene rings is 2. The molecule has 0 aromatic heterocycles. The van der Waals surface area contributed by atoms with Gasteiger partial charge in [0.1, 0.15) is 23.4 Å². The van der Waals surface area contributed by atoms with Gasteiger partial charge in [0.15, 0.2) is 0 Å². The molecule has 0 aliphatic carbocycles. The molecule has 0 saturated carbocycles. The third kappa shape index (κ3) is 3.67. The Bertz CT molecular complexity index is 579. The van der Waals surface area contributed by atoms with Crippen LogP contribution in [-0.2, 0) is 4.79 Å². The van der Waals surface area contributed by atoms with Gasteiger partial charge in [0.25, 0.3) is 0 Å². The van der Waals surface area contributed by atoms with Crippen LogP contribution in [0.4, 0.5) is 5.69 Å². The van der Waals surface area contributed by atoms with Crippen LogP contribution in [0.15, 0.2) is 59.6 Å². The summed E-state index contributed by atoms with van der Waals surface area (Å²) in [5.41, 5.74) is 0.579. The van der Waals surface area contributed by atoms with Gasteiger partial charge in [0, 0.05) is 0 Å². The Labute approximate surface area is 111 Å². The average molecular weight is 255 g/mol. The van der Waals surface area contributed by atoms with E-state index in [4.69, 9.17) is 9.47 Å². The number of hydrogen-bond donors (Lipinski definition) is 0. The van der Waals surface area contributed by atoms with Gasteiger partial charge in [-0.2, -0.15) is 0 Å². The Kier molecular flexibility index (Phi) is 4.29. The number of carbonyl (C=O) groups excluding carboxylic acids is 1. The zero-order valence-corrected chi connectivity index (χ0v) is 10.4. The van der Waals surface area contributed by atoms with Gasteiger partial charge < -0.3 is 9.47 Å². The maximum atomic E-state index is 11.6. The number of esters is 1. The minimum atomic E-state index is -0.530. The Balaban J connectivity index is 2.04. The summed E-state index contributed by atoms with van der Waals surface area (Å²) in [6.45, 7) is 0. The van der Waals surface area contributed by atoms with Crippen LogP contribution in [0, 0.1) is 0 Å². The van der Waals surface area contributed by atoms with Crippen molar-refractivity contribution < 1.29 is 14.3 Å². The van der Waals surface area contributed by atoms with Crippen LogP contribution in [0.2, 0.25) is 0 Å². The van der Waals surface area contributed by atoms with Crippen molar-refractivity contribution in [2.45, 2.75) is 0 Å². The third-order valence-corrected chi connectivity index (χ3v) is 2.36. The fourth-order valence-electron chi connectivity index (χ4n) is 1.49. The van der Waals surface area contributed by atoms with E-state index in [0.717, 1.165) is 6.21 Å². The van der Waals surface area contributed by atoms with Crippen LogP contribution in [0.5, 0.6) is 11.5 Å². The minimum Gasteiger partial charge on any atom is -0.494 e. The summed E-state index contributed by atoms with van der Waals surface area (Å²) in [5, 5.41) is 0. The summed E-state index contributed by atoms with van der Waals surface area (Å²) in [5.74, 6) is 0.558. The maximum absolute atomic E-state index is 11.6. The summed E-state index contributed by atoms with van der Waals surface area (Å²) >= 11 is 0. The van der Waals surface area contributed by atoms with Gasteiger partial charge in [-0.1, -0.05) is 30.3 Å². The Morgan fingerprint density at radius 1 is 1.05 bits per heavy atom. The largest absolute Gasteiger partial charge is 0.494 e. The van der Waals surface area contributed by atoms with Crippen LogP contribution in [0.3, 0.4) is 0 Å². The second-order valence-electron chi connectivity index (χ2n) is 3.66. The molecule has 0 bridgehead atoms. The number of rotatable bonds is 4. The lowest BCUT2D eigenvalue weighted by molar-refractivity contribution is -0.126. The molecule has 0 amide bonds. The predicted octanol–water partition coefficient (Wildman–Crippen LogP) is 3.00. The van der Waals surface area contributed by atoms with Gasteiger partial charge >= 0.3 is 5.97 Å². The monoisotopic (exact) mass is 255 g/mol. The Hall–Kier alpha value is -2.62. The molecule has 96 valence electrons. The molecule has 0 spiro atoms. The van der Waals surface area contributed by atoms with E-state index in [1.807, 2.05) is 18.2 Å². The normalized spacial score (nSPS) is 10.4. The van der Waals surface area contributed by atoms with E-state index < -0.39 is 5.97 Å². The Morgan fingerprint density at radius 2 is 1.74 bits per heavy atom. The number of methoxy groups -OCH3 is 1. The molecule has 2 aromatic carbocycles. The van der Waals surface area contributed by atoms with E-state index in [9.17, 15) is 4.79 Å². The highest BCUT2D eigenvalue weighted by atomic mass is 16.5. The minimum absolute atomic E-state index is 0.485. The number of carbonyl (C=O) groups is 1. The number of aliphatic imine (C=N–C) groups is 1. The van der Waals surface area contributed by atoms with E-state index in [-0.39, 0.29) is 0 Å². The molecule has 4 nitrogen and oxygen atoms in total. The third-order valence-electron chi connectivity index (χ3n) is 2.36. The molecule has 0 heterocycles. The van der Waals surface area contributed by atoms with Crippen molar-refractivity contribution in [1.82, 2.24) is 0 Å². The quantitative estimate of drug-likeness (QED) is 0.479. The standard InChI is InChI=1S/C15H13NO3/c1-18-14-10-6-5-9-13(14)16-11-15(17)19-12-7-3-2-4-8-12/h2-11H,1H3. The topological polar surface area (TPSA) is 47.9 Å². The molecule has 0 N–H and O–H groups in total. The van der Waals surface area contributed by atoms with Crippen LogP contribution >= 0.6 is 0 Å². The summed E-state index contributed by atoms with van der Waals surface area (Å²) in [7, 11) is 1.55. The number of nitrogens with zero attached hydrogens (tertiary/aromatic N) is 1. The first-order valence-electron chi connectivity index (χ1n) is 5.73. The van der Waals surface area contributed by atoms with Gasteiger partial charge in [-0.05, 0) is 24.3 Å². The molecule has 2 rings (SSSR count). The van der Waals surface area contributed by atoms with Crippen LogP contribution in [0.25, 0.3) is 0 Å². The lowest BCUT2D eigenvalue weighted by Gasteiger charge is -2.03. The highest BCUT2D eigenvalue weighted by Crippen LogP contribution is 2.25. The fourth-order valence-corrected chi connectivity index (χ4v) is 1.49. The average Bonchev–Trinajstić information content (AvgIpc) is 2.46. The zero-order chi connectivity index (χ0) is 13.5. The summed E-state index contributed by atoms with van der Waals surface area (Å²) in [4.78, 5) is 15.6. The van der Waals surface area contributed by atoms with Gasteiger partial charge in [-0.3, -0.25) is 0 Å². The number of para-hydroxylation sites is 3. The van der Waals surface area contributed by atoms with E-state index in [1.54, 1.807) is 43.5 Å². The highest BCUT2D eigenvalue weighted by molar-refractivity contribution is 6.24. The lowest BCUT2D eigenvalue weighted by atomic mass is 10.3. The van der Waals surface area contributed by atoms with Crippen molar-refractivity contribution in [2.75, 3.05) is 7.11 Å². The maximum Gasteiger partial charge on any atom is 0.354 e. The van der Waals surface area contributed by atoms with E-state index in [0.29, 0.717) is 17.2 Å². The van der Waals surface area contributed by atoms with Gasteiger partial charge in [-0.15, -0.1) is 0 Å². The van der Waals surface area contributed by atoms with Crippen molar-refractivity contribution >= 4 is 17.9 Å². The van der Waals surface area contributed by atoms with Gasteiger partial charge in [0.05, 0.1) is 7.11 Å². The zero-order valence-electron chi connectivity index (χ0n) is 10.4. The SMILES string of the molecule is COc1ccccc1N=CC(=O)Oc1ccccc1. The summed E-state index contributed by atoms with van der Waals surface area (Å²) in [6.07, 6.45) is 1.13. The van der Waals surface area contributed by atoms with Crippen molar-refractivity contribution in [1.29, 1.82) is 0 Å². The molecular formula is C15H13NO3.